The molecule has 1 heterocycles. The average molecular weight is 523 g/mol. The summed E-state index contributed by atoms with van der Waals surface area (Å²) in [6.07, 6.45) is -1.87. The molecule has 0 radical (unpaired) electrons. The molecule has 9 heteroatoms. The van der Waals surface area contributed by atoms with Gasteiger partial charge in [0.15, 0.2) is 5.96 Å². The van der Waals surface area contributed by atoms with Crippen molar-refractivity contribution in [1.82, 2.24) is 15.6 Å². The van der Waals surface area contributed by atoms with Gasteiger partial charge in [0, 0.05) is 25.4 Å². The number of nitrogens with one attached hydrogen (secondary N) is 2. The first-order valence-electron chi connectivity index (χ1n) is 8.09. The molecular weight excluding hydrogens is 504 g/mol. The Balaban J connectivity index is 0.00000392. The lowest BCUT2D eigenvalue weighted by Gasteiger charge is -2.09. The summed E-state index contributed by atoms with van der Waals surface area (Å²) in [4.78, 5) is 8.10. The van der Waals surface area contributed by atoms with Crippen molar-refractivity contribution >= 4 is 41.5 Å². The zero-order chi connectivity index (χ0) is 19.7. The number of benzene rings is 1. The first-order valence-corrected chi connectivity index (χ1v) is 8.47. The van der Waals surface area contributed by atoms with E-state index in [1.807, 2.05) is 6.07 Å². The van der Waals surface area contributed by atoms with Crippen molar-refractivity contribution in [1.29, 1.82) is 0 Å². The predicted molar refractivity (Wildman–Crippen MR) is 116 cm³/mol. The molecule has 28 heavy (non-hydrogen) atoms. The second-order valence-corrected chi connectivity index (χ2v) is 5.86. The number of alkyl halides is 3. The van der Waals surface area contributed by atoms with Gasteiger partial charge in [-0.1, -0.05) is 29.5 Å². The van der Waals surface area contributed by atoms with Crippen molar-refractivity contribution in [3.8, 4) is 11.8 Å². The van der Waals surface area contributed by atoms with Crippen LogP contribution in [0.15, 0.2) is 47.6 Å². The molecule has 0 aliphatic rings. The topological polar surface area (TPSA) is 49.3 Å². The molecule has 2 rings (SSSR count). The van der Waals surface area contributed by atoms with E-state index in [9.17, 15) is 13.2 Å². The van der Waals surface area contributed by atoms with Crippen molar-refractivity contribution in [3.63, 3.8) is 0 Å². The molecule has 2 N–H and O–H groups in total. The maximum absolute atomic E-state index is 12.5. The van der Waals surface area contributed by atoms with Crippen LogP contribution in [0.1, 0.15) is 16.7 Å². The smallest absolute Gasteiger partial charge is 0.356 e. The molecule has 1 aromatic heterocycles. The summed E-state index contributed by atoms with van der Waals surface area (Å²) in [6.45, 7) is 0.957. The molecule has 0 saturated heterocycles. The monoisotopic (exact) mass is 522 g/mol. The van der Waals surface area contributed by atoms with Crippen LogP contribution in [0, 0.1) is 11.8 Å². The van der Waals surface area contributed by atoms with Gasteiger partial charge in [-0.3, -0.25) is 4.99 Å². The Morgan fingerprint density at radius 2 is 1.86 bits per heavy atom. The number of hydrogen-bond donors (Lipinski definition) is 2. The molecule has 1 aromatic carbocycles. The largest absolute Gasteiger partial charge is 0.416 e. The van der Waals surface area contributed by atoms with E-state index >= 15 is 0 Å². The van der Waals surface area contributed by atoms with Crippen LogP contribution in [0.4, 0.5) is 13.2 Å². The predicted octanol–water partition coefficient (Wildman–Crippen LogP) is 4.13. The molecule has 0 aliphatic heterocycles. The van der Waals surface area contributed by atoms with Gasteiger partial charge in [0.05, 0.1) is 12.1 Å². The highest BCUT2D eigenvalue weighted by Crippen LogP contribution is 2.28. The Bertz CT molecular complexity index is 825. The molecule has 2 aromatic rings. The van der Waals surface area contributed by atoms with Gasteiger partial charge in [0.1, 0.15) is 5.15 Å². The Labute approximate surface area is 184 Å². The van der Waals surface area contributed by atoms with Gasteiger partial charge in [-0.05, 0) is 42.3 Å². The number of guanidine groups is 1. The summed E-state index contributed by atoms with van der Waals surface area (Å²) in [5.41, 5.74) is 0.874. The summed E-state index contributed by atoms with van der Waals surface area (Å²) in [5, 5.41) is 6.61. The lowest BCUT2D eigenvalue weighted by atomic mass is 10.1. The minimum Gasteiger partial charge on any atom is -0.356 e. The highest BCUT2D eigenvalue weighted by atomic mass is 127. The lowest BCUT2D eigenvalue weighted by molar-refractivity contribution is -0.137. The fourth-order valence-corrected chi connectivity index (χ4v) is 2.23. The van der Waals surface area contributed by atoms with Gasteiger partial charge >= 0.3 is 6.18 Å². The van der Waals surface area contributed by atoms with Crippen molar-refractivity contribution in [2.45, 2.75) is 12.6 Å². The Morgan fingerprint density at radius 3 is 2.43 bits per heavy atom. The van der Waals surface area contributed by atoms with Crippen LogP contribution in [0.2, 0.25) is 5.15 Å². The standard InChI is InChI=1S/C19H18ClF3N4.HI/c1-24-18(26-12-10-15-6-9-17(20)27-13-15)25-11-2-3-14-4-7-16(8-5-14)19(21,22)23;/h4-9,13H,10-12H2,1H3,(H2,24,25,26);1H. The van der Waals surface area contributed by atoms with E-state index in [0.717, 1.165) is 24.1 Å². The Morgan fingerprint density at radius 1 is 1.14 bits per heavy atom. The fraction of sp³-hybridized carbons (Fsp3) is 0.263. The van der Waals surface area contributed by atoms with E-state index in [0.29, 0.717) is 29.8 Å². The molecule has 0 unspecified atom stereocenters. The third-order valence-corrected chi connectivity index (χ3v) is 3.73. The average Bonchev–Trinajstić information content (AvgIpc) is 2.65. The molecule has 0 fully saturated rings. The second-order valence-electron chi connectivity index (χ2n) is 5.47. The number of aliphatic imine (C=N–C) groups is 1. The number of hydrogen-bond acceptors (Lipinski definition) is 2. The maximum Gasteiger partial charge on any atom is 0.416 e. The molecule has 0 atom stereocenters. The van der Waals surface area contributed by atoms with Gasteiger partial charge in [0.25, 0.3) is 0 Å². The molecule has 0 saturated carbocycles. The van der Waals surface area contributed by atoms with Gasteiger partial charge in [-0.15, -0.1) is 24.0 Å². The fourth-order valence-electron chi connectivity index (χ4n) is 2.12. The Hall–Kier alpha value is -1.99. The third-order valence-electron chi connectivity index (χ3n) is 3.51. The van der Waals surface area contributed by atoms with Crippen LogP contribution >= 0.6 is 35.6 Å². The van der Waals surface area contributed by atoms with Crippen LogP contribution in [-0.2, 0) is 12.6 Å². The first-order chi connectivity index (χ1) is 12.9. The van der Waals surface area contributed by atoms with E-state index in [1.165, 1.54) is 12.1 Å². The quantitative estimate of drug-likeness (QED) is 0.209. The molecule has 0 amide bonds. The zero-order valence-electron chi connectivity index (χ0n) is 15.0. The molecule has 150 valence electrons. The van der Waals surface area contributed by atoms with Crippen molar-refractivity contribution < 1.29 is 13.2 Å². The first kappa shape index (κ1) is 24.0. The summed E-state index contributed by atoms with van der Waals surface area (Å²) in [6, 6.07) is 8.38. The highest BCUT2D eigenvalue weighted by molar-refractivity contribution is 14.0. The summed E-state index contributed by atoms with van der Waals surface area (Å²) in [7, 11) is 1.64. The van der Waals surface area contributed by atoms with Crippen LogP contribution in [0.5, 0.6) is 0 Å². The van der Waals surface area contributed by atoms with Gasteiger partial charge in [0.2, 0.25) is 0 Å². The van der Waals surface area contributed by atoms with E-state index in [-0.39, 0.29) is 24.0 Å². The second kappa shape index (κ2) is 11.8. The van der Waals surface area contributed by atoms with Crippen molar-refractivity contribution in [2.75, 3.05) is 20.1 Å². The summed E-state index contributed by atoms with van der Waals surface area (Å²) < 4.78 is 37.5. The Kier molecular flexibility index (Phi) is 10.1. The van der Waals surface area contributed by atoms with E-state index < -0.39 is 11.7 Å². The van der Waals surface area contributed by atoms with Gasteiger partial charge in [-0.25, -0.2) is 4.98 Å². The number of aromatic nitrogens is 1. The third kappa shape index (κ3) is 8.35. The highest BCUT2D eigenvalue weighted by Gasteiger charge is 2.29. The molecule has 0 aliphatic carbocycles. The van der Waals surface area contributed by atoms with E-state index in [4.69, 9.17) is 11.6 Å². The summed E-state index contributed by atoms with van der Waals surface area (Å²) in [5.74, 6) is 6.24. The minimum atomic E-state index is -4.34. The lowest BCUT2D eigenvalue weighted by Crippen LogP contribution is -2.38. The van der Waals surface area contributed by atoms with E-state index in [1.54, 1.807) is 19.3 Å². The molecular formula is C19H19ClF3IN4. The van der Waals surface area contributed by atoms with Gasteiger partial charge in [-0.2, -0.15) is 13.2 Å². The number of pyridine rings is 1. The van der Waals surface area contributed by atoms with Crippen LogP contribution < -0.4 is 10.6 Å². The molecule has 4 nitrogen and oxygen atoms in total. The van der Waals surface area contributed by atoms with Gasteiger partial charge < -0.3 is 10.6 Å². The normalized spacial score (nSPS) is 11.1. The number of halogens is 5. The molecule has 0 spiro atoms. The van der Waals surface area contributed by atoms with Crippen LogP contribution in [-0.4, -0.2) is 31.1 Å². The number of nitrogens with zero attached hydrogens (tertiary/aromatic N) is 2. The van der Waals surface area contributed by atoms with Crippen molar-refractivity contribution in [2.24, 2.45) is 4.99 Å². The van der Waals surface area contributed by atoms with Crippen molar-refractivity contribution in [3.05, 3.63) is 64.4 Å². The number of rotatable bonds is 4. The maximum atomic E-state index is 12.5. The van der Waals surface area contributed by atoms with Crippen LogP contribution in [0.3, 0.4) is 0 Å². The zero-order valence-corrected chi connectivity index (χ0v) is 18.1. The van der Waals surface area contributed by atoms with E-state index in [2.05, 4.69) is 32.5 Å². The molecule has 0 bridgehead atoms. The van der Waals surface area contributed by atoms with Crippen LogP contribution in [0.25, 0.3) is 0 Å². The summed E-state index contributed by atoms with van der Waals surface area (Å²) >= 11 is 5.74. The minimum absolute atomic E-state index is 0. The SMILES string of the molecule is CN=C(NCC#Cc1ccc(C(F)(F)F)cc1)NCCc1ccc(Cl)nc1.I.